The first kappa shape index (κ1) is 18.4. The predicted octanol–water partition coefficient (Wildman–Crippen LogP) is 2.84. The Morgan fingerprint density at radius 3 is 2.86 bits per heavy atom. The average molecular weight is 394 g/mol. The highest BCUT2D eigenvalue weighted by molar-refractivity contribution is 7.90. The van der Waals surface area contributed by atoms with Crippen molar-refractivity contribution in [3.8, 4) is 5.69 Å². The van der Waals surface area contributed by atoms with Crippen LogP contribution in [-0.4, -0.2) is 42.9 Å². The van der Waals surface area contributed by atoms with E-state index in [1.165, 1.54) is 0 Å². The first-order valence-corrected chi connectivity index (χ1v) is 10.1. The predicted molar refractivity (Wildman–Crippen MR) is 107 cm³/mol. The second-order valence-electron chi connectivity index (χ2n) is 6.11. The monoisotopic (exact) mass is 394 g/mol. The van der Waals surface area contributed by atoms with E-state index in [1.807, 2.05) is 48.5 Å². The normalized spacial score (nSPS) is 12.2. The fourth-order valence-corrected chi connectivity index (χ4v) is 3.35. The number of aromatic nitrogens is 5. The Labute approximate surface area is 164 Å². The van der Waals surface area contributed by atoms with E-state index in [-0.39, 0.29) is 0 Å². The van der Waals surface area contributed by atoms with Crippen LogP contribution < -0.4 is 5.32 Å². The summed E-state index contributed by atoms with van der Waals surface area (Å²) in [5, 5.41) is 11.5. The minimum Gasteiger partial charge on any atom is -0.612 e. The second-order valence-corrected chi connectivity index (χ2v) is 7.49. The van der Waals surface area contributed by atoms with Crippen molar-refractivity contribution in [3.63, 3.8) is 0 Å². The molecule has 0 aliphatic rings. The summed E-state index contributed by atoms with van der Waals surface area (Å²) >= 11 is -1.06. The number of ether oxygens (including phenoxy) is 1. The van der Waals surface area contributed by atoms with Gasteiger partial charge in [-0.05, 0) is 41.0 Å². The molecule has 0 radical (unpaired) electrons. The lowest BCUT2D eigenvalue weighted by Crippen LogP contribution is -2.03. The average Bonchev–Trinajstić information content (AvgIpc) is 3.12. The first-order valence-electron chi connectivity index (χ1n) is 8.51. The molecule has 0 bridgehead atoms. The minimum atomic E-state index is -1.06. The number of hydrogen-bond donors (Lipinski definition) is 1. The van der Waals surface area contributed by atoms with Crippen LogP contribution in [0, 0.1) is 0 Å². The van der Waals surface area contributed by atoms with E-state index in [0.717, 1.165) is 21.8 Å². The number of methoxy groups -OCH3 is 1. The van der Waals surface area contributed by atoms with Crippen molar-refractivity contribution < 1.29 is 9.29 Å². The maximum atomic E-state index is 11.7. The molecule has 0 amide bonds. The molecular formula is C19H18N6O2S. The van der Waals surface area contributed by atoms with Crippen molar-refractivity contribution >= 4 is 34.0 Å². The van der Waals surface area contributed by atoms with Crippen LogP contribution in [0.1, 0.15) is 5.56 Å². The Morgan fingerprint density at radius 1 is 1.18 bits per heavy atom. The molecular weight excluding hydrogens is 376 g/mol. The number of anilines is 2. The van der Waals surface area contributed by atoms with Gasteiger partial charge in [-0.2, -0.15) is 9.67 Å². The van der Waals surface area contributed by atoms with E-state index in [4.69, 9.17) is 4.74 Å². The van der Waals surface area contributed by atoms with Crippen LogP contribution in [0.3, 0.4) is 0 Å². The molecule has 4 rings (SSSR count). The Bertz CT molecular complexity index is 1110. The lowest BCUT2D eigenvalue weighted by molar-refractivity contribution is 0.185. The summed E-state index contributed by atoms with van der Waals surface area (Å²) in [5.41, 5.74) is 3.80. The van der Waals surface area contributed by atoms with Crippen LogP contribution in [0.25, 0.3) is 16.9 Å². The molecule has 0 aliphatic heterocycles. The molecule has 28 heavy (non-hydrogen) atoms. The molecule has 1 unspecified atom stereocenters. The SMILES string of the molecule is COCc1cccc(-n2nnc3cnc(Nc4cccc([S+](C)[O-])c4)nc32)c1. The zero-order chi connectivity index (χ0) is 19.5. The second kappa shape index (κ2) is 7.93. The molecule has 9 heteroatoms. The Kier molecular flexibility index (Phi) is 5.20. The minimum absolute atomic E-state index is 0.406. The third-order valence-corrected chi connectivity index (χ3v) is 5.00. The highest BCUT2D eigenvalue weighted by Gasteiger charge is 2.12. The molecule has 0 saturated heterocycles. The Morgan fingerprint density at radius 2 is 2.04 bits per heavy atom. The molecule has 0 fully saturated rings. The number of rotatable bonds is 6. The summed E-state index contributed by atoms with van der Waals surface area (Å²) in [6, 6.07) is 15.2. The summed E-state index contributed by atoms with van der Waals surface area (Å²) in [7, 11) is 1.66. The fourth-order valence-electron chi connectivity index (χ4n) is 2.79. The van der Waals surface area contributed by atoms with Gasteiger partial charge in [0.15, 0.2) is 16.1 Å². The molecule has 1 N–H and O–H groups in total. The maximum absolute atomic E-state index is 11.7. The van der Waals surface area contributed by atoms with Gasteiger partial charge in [-0.25, -0.2) is 4.98 Å². The van der Waals surface area contributed by atoms with E-state index < -0.39 is 11.2 Å². The Balaban J connectivity index is 1.68. The van der Waals surface area contributed by atoms with E-state index in [1.54, 1.807) is 24.2 Å². The number of fused-ring (bicyclic) bond motifs is 1. The van der Waals surface area contributed by atoms with Crippen LogP contribution in [-0.2, 0) is 22.5 Å². The first-order chi connectivity index (χ1) is 13.6. The van der Waals surface area contributed by atoms with Crippen LogP contribution in [0.2, 0.25) is 0 Å². The maximum Gasteiger partial charge on any atom is 0.229 e. The molecule has 4 aromatic rings. The summed E-state index contributed by atoms with van der Waals surface area (Å²) in [5.74, 6) is 0.406. The number of nitrogens with one attached hydrogen (secondary N) is 1. The van der Waals surface area contributed by atoms with E-state index in [9.17, 15) is 4.55 Å². The van der Waals surface area contributed by atoms with Gasteiger partial charge in [0.1, 0.15) is 6.26 Å². The van der Waals surface area contributed by atoms with Gasteiger partial charge in [-0.3, -0.25) is 0 Å². The van der Waals surface area contributed by atoms with Crippen molar-refractivity contribution in [1.29, 1.82) is 0 Å². The van der Waals surface area contributed by atoms with E-state index in [2.05, 4.69) is 25.6 Å². The van der Waals surface area contributed by atoms with Crippen molar-refractivity contribution in [2.45, 2.75) is 11.5 Å². The smallest absolute Gasteiger partial charge is 0.229 e. The van der Waals surface area contributed by atoms with Crippen molar-refractivity contribution in [2.75, 3.05) is 18.7 Å². The zero-order valence-electron chi connectivity index (χ0n) is 15.4. The van der Waals surface area contributed by atoms with Crippen LogP contribution in [0.15, 0.2) is 59.6 Å². The number of benzene rings is 2. The number of nitrogens with zero attached hydrogens (tertiary/aromatic N) is 5. The van der Waals surface area contributed by atoms with Crippen LogP contribution in [0.4, 0.5) is 11.6 Å². The van der Waals surface area contributed by atoms with Crippen molar-refractivity contribution in [3.05, 3.63) is 60.3 Å². The molecule has 0 saturated carbocycles. The van der Waals surface area contributed by atoms with Gasteiger partial charge >= 0.3 is 0 Å². The quantitative estimate of drug-likeness (QED) is 0.502. The Hall–Kier alpha value is -3.01. The van der Waals surface area contributed by atoms with Gasteiger partial charge in [-0.1, -0.05) is 23.4 Å². The van der Waals surface area contributed by atoms with E-state index >= 15 is 0 Å². The fraction of sp³-hybridized carbons (Fsp3) is 0.158. The molecule has 0 spiro atoms. The zero-order valence-corrected chi connectivity index (χ0v) is 16.2. The molecule has 8 nitrogen and oxygen atoms in total. The topological polar surface area (TPSA) is 101 Å². The van der Waals surface area contributed by atoms with Gasteiger partial charge in [0.25, 0.3) is 0 Å². The standard InChI is InChI=1S/C19H18N6O2S/c1-27-12-13-5-3-7-15(9-13)25-18-17(23-24-25)11-20-19(22-18)21-14-6-4-8-16(10-14)28(2)26/h3-11H,12H2,1-2H3,(H,20,21,22). The van der Waals surface area contributed by atoms with Crippen LogP contribution >= 0.6 is 0 Å². The lowest BCUT2D eigenvalue weighted by atomic mass is 10.2. The lowest BCUT2D eigenvalue weighted by Gasteiger charge is -2.08. The third kappa shape index (κ3) is 3.81. The molecule has 2 aromatic heterocycles. The highest BCUT2D eigenvalue weighted by atomic mass is 32.2. The molecule has 142 valence electrons. The van der Waals surface area contributed by atoms with Crippen molar-refractivity contribution in [2.24, 2.45) is 0 Å². The summed E-state index contributed by atoms with van der Waals surface area (Å²) < 4.78 is 18.6. The van der Waals surface area contributed by atoms with Gasteiger partial charge in [-0.15, -0.1) is 5.10 Å². The molecule has 0 aliphatic carbocycles. The van der Waals surface area contributed by atoms with Gasteiger partial charge in [0, 0.05) is 18.9 Å². The number of hydrogen-bond acceptors (Lipinski definition) is 7. The van der Waals surface area contributed by atoms with Crippen LogP contribution in [0.5, 0.6) is 0 Å². The van der Waals surface area contributed by atoms with E-state index in [0.29, 0.717) is 23.7 Å². The van der Waals surface area contributed by atoms with Crippen molar-refractivity contribution in [1.82, 2.24) is 25.0 Å². The third-order valence-electron chi connectivity index (χ3n) is 4.08. The van der Waals surface area contributed by atoms with Gasteiger partial charge < -0.3 is 14.6 Å². The summed E-state index contributed by atoms with van der Waals surface area (Å²) in [6.45, 7) is 0.511. The molecule has 1 atom stereocenters. The summed E-state index contributed by atoms with van der Waals surface area (Å²) in [6.07, 6.45) is 3.26. The largest absolute Gasteiger partial charge is 0.612 e. The molecule has 2 heterocycles. The summed E-state index contributed by atoms with van der Waals surface area (Å²) in [4.78, 5) is 9.59. The van der Waals surface area contributed by atoms with Gasteiger partial charge in [0.2, 0.25) is 5.95 Å². The highest BCUT2D eigenvalue weighted by Crippen LogP contribution is 2.20. The van der Waals surface area contributed by atoms with Gasteiger partial charge in [0.05, 0.1) is 18.5 Å². The molecule has 2 aromatic carbocycles.